The summed E-state index contributed by atoms with van der Waals surface area (Å²) in [6.45, 7) is 2.67. The Morgan fingerprint density at radius 3 is 3.00 bits per heavy atom. The Morgan fingerprint density at radius 1 is 1.73 bits per heavy atom. The zero-order valence-electron chi connectivity index (χ0n) is 6.56. The maximum absolute atomic E-state index is 7.16. The van der Waals surface area contributed by atoms with Crippen molar-refractivity contribution in [3.63, 3.8) is 0 Å². The standard InChI is InChI=1S/C7H13ClN2O/c1-2-3-6-11-7(9)4-5-10-8/h4-5,9-10H,2-3,6H2,1H3/b5-4-,9-7?. The van der Waals surface area contributed by atoms with Crippen LogP contribution in [0.3, 0.4) is 0 Å². The SMILES string of the molecule is CCCCOC(=N)/C=C\NCl. The Labute approximate surface area is 72.0 Å². The van der Waals surface area contributed by atoms with Crippen LogP contribution in [0.15, 0.2) is 12.3 Å². The van der Waals surface area contributed by atoms with E-state index in [0.29, 0.717) is 6.61 Å². The lowest BCUT2D eigenvalue weighted by Gasteiger charge is -2.00. The first-order valence-corrected chi connectivity index (χ1v) is 3.93. The summed E-state index contributed by atoms with van der Waals surface area (Å²) in [7, 11) is 0. The van der Waals surface area contributed by atoms with Crippen LogP contribution in [0.1, 0.15) is 19.8 Å². The molecule has 64 valence electrons. The van der Waals surface area contributed by atoms with Crippen molar-refractivity contribution in [3.05, 3.63) is 12.3 Å². The van der Waals surface area contributed by atoms with E-state index in [4.69, 9.17) is 21.9 Å². The normalized spacial score (nSPS) is 10.0. The number of rotatable bonds is 5. The molecule has 0 rings (SSSR count). The first-order chi connectivity index (χ1) is 5.31. The minimum absolute atomic E-state index is 0.131. The molecule has 3 nitrogen and oxygen atoms in total. The number of halogens is 1. The van der Waals surface area contributed by atoms with Crippen molar-refractivity contribution in [1.29, 1.82) is 5.41 Å². The molecule has 2 N–H and O–H groups in total. The summed E-state index contributed by atoms with van der Waals surface area (Å²) in [5, 5.41) is 7.16. The molecule has 0 aliphatic carbocycles. The van der Waals surface area contributed by atoms with Crippen molar-refractivity contribution < 1.29 is 4.74 Å². The van der Waals surface area contributed by atoms with E-state index in [1.807, 2.05) is 0 Å². The molecule has 4 heteroatoms. The van der Waals surface area contributed by atoms with Crippen molar-refractivity contribution >= 4 is 17.7 Å². The van der Waals surface area contributed by atoms with Crippen LogP contribution >= 0.6 is 11.8 Å². The zero-order chi connectivity index (χ0) is 8.53. The van der Waals surface area contributed by atoms with E-state index in [2.05, 4.69) is 11.8 Å². The Bertz CT molecular complexity index is 136. The summed E-state index contributed by atoms with van der Waals surface area (Å²) in [5.41, 5.74) is 0. The Hall–Kier alpha value is -0.700. The molecule has 0 atom stereocenters. The Kier molecular flexibility index (Phi) is 6.94. The van der Waals surface area contributed by atoms with Gasteiger partial charge in [-0.1, -0.05) is 13.3 Å². The summed E-state index contributed by atoms with van der Waals surface area (Å²) in [5.74, 6) is 0.131. The number of hydrogen-bond acceptors (Lipinski definition) is 3. The third-order valence-electron chi connectivity index (χ3n) is 1.05. The second kappa shape index (κ2) is 7.41. The second-order valence-corrected chi connectivity index (χ2v) is 2.23. The van der Waals surface area contributed by atoms with Crippen molar-refractivity contribution in [2.75, 3.05) is 6.61 Å². The molecular formula is C7H13ClN2O. The van der Waals surface area contributed by atoms with Crippen molar-refractivity contribution in [3.8, 4) is 0 Å². The molecular weight excluding hydrogens is 164 g/mol. The van der Waals surface area contributed by atoms with Gasteiger partial charge in [-0.3, -0.25) is 5.41 Å². The van der Waals surface area contributed by atoms with Gasteiger partial charge in [0.1, 0.15) is 0 Å². The Balaban J connectivity index is 3.30. The summed E-state index contributed by atoms with van der Waals surface area (Å²) in [4.78, 5) is 2.26. The van der Waals surface area contributed by atoms with E-state index in [9.17, 15) is 0 Å². The molecule has 0 aromatic rings. The minimum Gasteiger partial charge on any atom is -0.478 e. The number of hydrogen-bond donors (Lipinski definition) is 2. The first-order valence-electron chi connectivity index (χ1n) is 3.55. The van der Waals surface area contributed by atoms with Crippen molar-refractivity contribution in [2.45, 2.75) is 19.8 Å². The fourth-order valence-electron chi connectivity index (χ4n) is 0.482. The molecule has 0 amide bonds. The van der Waals surface area contributed by atoms with Gasteiger partial charge in [0, 0.05) is 24.1 Å². The average molecular weight is 177 g/mol. The highest BCUT2D eigenvalue weighted by Gasteiger charge is 1.89. The summed E-state index contributed by atoms with van der Waals surface area (Å²) < 4.78 is 4.98. The highest BCUT2D eigenvalue weighted by molar-refractivity contribution is 6.14. The van der Waals surface area contributed by atoms with E-state index in [1.165, 1.54) is 12.3 Å². The molecule has 0 unspecified atom stereocenters. The first kappa shape index (κ1) is 10.3. The van der Waals surface area contributed by atoms with Gasteiger partial charge in [-0.2, -0.15) is 0 Å². The smallest absolute Gasteiger partial charge is 0.207 e. The van der Waals surface area contributed by atoms with Crippen molar-refractivity contribution in [2.24, 2.45) is 0 Å². The van der Waals surface area contributed by atoms with Gasteiger partial charge < -0.3 is 9.57 Å². The zero-order valence-corrected chi connectivity index (χ0v) is 7.32. The van der Waals surface area contributed by atoms with E-state index in [1.54, 1.807) is 0 Å². The van der Waals surface area contributed by atoms with Crippen LogP contribution in [0.4, 0.5) is 0 Å². The maximum atomic E-state index is 7.16. The van der Waals surface area contributed by atoms with Gasteiger partial charge in [-0.05, 0) is 6.42 Å². The molecule has 0 aliphatic heterocycles. The van der Waals surface area contributed by atoms with Crippen molar-refractivity contribution in [1.82, 2.24) is 4.84 Å². The molecule has 0 aromatic carbocycles. The lowest BCUT2D eigenvalue weighted by atomic mass is 10.4. The van der Waals surface area contributed by atoms with Crippen LogP contribution in [0.5, 0.6) is 0 Å². The quantitative estimate of drug-likeness (QED) is 0.292. The molecule has 0 radical (unpaired) electrons. The van der Waals surface area contributed by atoms with E-state index in [0.717, 1.165) is 12.8 Å². The highest BCUT2D eigenvalue weighted by atomic mass is 35.5. The van der Waals surface area contributed by atoms with E-state index < -0.39 is 0 Å². The number of unbranched alkanes of at least 4 members (excludes halogenated alkanes) is 1. The third kappa shape index (κ3) is 7.19. The van der Waals surface area contributed by atoms with Gasteiger partial charge in [-0.15, -0.1) is 0 Å². The molecule has 0 fully saturated rings. The molecule has 0 bridgehead atoms. The van der Waals surface area contributed by atoms with Gasteiger partial charge in [0.15, 0.2) is 0 Å². The fraction of sp³-hybridized carbons (Fsp3) is 0.571. The predicted octanol–water partition coefficient (Wildman–Crippen LogP) is 2.04. The largest absolute Gasteiger partial charge is 0.478 e. The van der Waals surface area contributed by atoms with E-state index >= 15 is 0 Å². The van der Waals surface area contributed by atoms with Gasteiger partial charge >= 0.3 is 0 Å². The lowest BCUT2D eigenvalue weighted by Crippen LogP contribution is -2.01. The van der Waals surface area contributed by atoms with Crippen LogP contribution in [0.2, 0.25) is 0 Å². The summed E-state index contributed by atoms with van der Waals surface area (Å²) >= 11 is 5.12. The molecule has 0 saturated heterocycles. The number of nitrogens with one attached hydrogen (secondary N) is 2. The van der Waals surface area contributed by atoms with Crippen LogP contribution < -0.4 is 4.84 Å². The minimum atomic E-state index is 0.131. The topological polar surface area (TPSA) is 45.1 Å². The lowest BCUT2D eigenvalue weighted by molar-refractivity contribution is 0.296. The molecule has 0 aliphatic rings. The van der Waals surface area contributed by atoms with Crippen LogP contribution in [0, 0.1) is 5.41 Å². The molecule has 0 spiro atoms. The van der Waals surface area contributed by atoms with Gasteiger partial charge in [0.2, 0.25) is 5.90 Å². The summed E-state index contributed by atoms with van der Waals surface area (Å²) in [6, 6.07) is 0. The number of ether oxygens (including phenoxy) is 1. The highest BCUT2D eigenvalue weighted by Crippen LogP contribution is 1.89. The molecule has 11 heavy (non-hydrogen) atoms. The van der Waals surface area contributed by atoms with E-state index in [-0.39, 0.29) is 5.90 Å². The van der Waals surface area contributed by atoms with Gasteiger partial charge in [-0.25, -0.2) is 0 Å². The van der Waals surface area contributed by atoms with Gasteiger partial charge in [0.25, 0.3) is 0 Å². The van der Waals surface area contributed by atoms with Crippen LogP contribution in [-0.4, -0.2) is 12.5 Å². The van der Waals surface area contributed by atoms with Crippen LogP contribution in [-0.2, 0) is 4.74 Å². The predicted molar refractivity (Wildman–Crippen MR) is 46.7 cm³/mol. The summed E-state index contributed by atoms with van der Waals surface area (Å²) in [6.07, 6.45) is 4.95. The average Bonchev–Trinajstić information content (AvgIpc) is 2.01. The van der Waals surface area contributed by atoms with Crippen LogP contribution in [0.25, 0.3) is 0 Å². The fourth-order valence-corrected chi connectivity index (χ4v) is 0.545. The molecule has 0 aromatic heterocycles. The molecule has 0 heterocycles. The Morgan fingerprint density at radius 2 is 2.45 bits per heavy atom. The maximum Gasteiger partial charge on any atom is 0.207 e. The molecule has 0 saturated carbocycles. The second-order valence-electron chi connectivity index (χ2n) is 2.01. The van der Waals surface area contributed by atoms with Gasteiger partial charge in [0.05, 0.1) is 6.61 Å². The monoisotopic (exact) mass is 176 g/mol. The third-order valence-corrected chi connectivity index (χ3v) is 1.18.